The maximum absolute atomic E-state index is 12.6. The maximum Gasteiger partial charge on any atom is 0.258 e. The van der Waals surface area contributed by atoms with Gasteiger partial charge in [0.2, 0.25) is 5.91 Å². The van der Waals surface area contributed by atoms with Crippen LogP contribution in [-0.4, -0.2) is 31.4 Å². The molecule has 25 heavy (non-hydrogen) atoms. The molecule has 2 N–H and O–H groups in total. The number of anilines is 2. The van der Waals surface area contributed by atoms with E-state index in [2.05, 4.69) is 10.6 Å². The van der Waals surface area contributed by atoms with E-state index in [0.29, 0.717) is 5.56 Å². The van der Waals surface area contributed by atoms with E-state index in [0.717, 1.165) is 17.8 Å². The highest BCUT2D eigenvalue weighted by Crippen LogP contribution is 2.17. The van der Waals surface area contributed by atoms with E-state index in [1.165, 1.54) is 0 Å². The Morgan fingerprint density at radius 1 is 1.08 bits per heavy atom. The van der Waals surface area contributed by atoms with Crippen LogP contribution in [-0.2, 0) is 4.79 Å². The van der Waals surface area contributed by atoms with Crippen molar-refractivity contribution in [2.45, 2.75) is 26.3 Å². The number of nitrogens with zero attached hydrogens (tertiary/aromatic N) is 1. The third kappa shape index (κ3) is 5.35. The van der Waals surface area contributed by atoms with Crippen LogP contribution in [0.4, 0.5) is 11.4 Å². The molecule has 0 heterocycles. The van der Waals surface area contributed by atoms with Gasteiger partial charge in [-0.2, -0.15) is 0 Å². The SMILES string of the molecule is CCC(C)NC(=O)CNc1cccc(C(=O)N(C)c2ccccc2)c1. The van der Waals surface area contributed by atoms with E-state index < -0.39 is 0 Å². The summed E-state index contributed by atoms with van der Waals surface area (Å²) in [4.78, 5) is 26.1. The molecule has 0 bridgehead atoms. The van der Waals surface area contributed by atoms with Crippen LogP contribution in [0.2, 0.25) is 0 Å². The number of hydrogen-bond acceptors (Lipinski definition) is 3. The van der Waals surface area contributed by atoms with Crippen LogP contribution in [0.3, 0.4) is 0 Å². The Bertz CT molecular complexity index is 716. The Labute approximate surface area is 149 Å². The first kappa shape index (κ1) is 18.5. The Morgan fingerprint density at radius 2 is 1.80 bits per heavy atom. The maximum atomic E-state index is 12.6. The van der Waals surface area contributed by atoms with Crippen LogP contribution >= 0.6 is 0 Å². The summed E-state index contributed by atoms with van der Waals surface area (Å²) < 4.78 is 0. The standard InChI is InChI=1S/C20H25N3O2/c1-4-15(2)22-19(24)14-21-17-10-8-9-16(13-17)20(25)23(3)18-11-6-5-7-12-18/h5-13,15,21H,4,14H2,1-3H3,(H,22,24). The van der Waals surface area contributed by atoms with Crippen molar-refractivity contribution < 1.29 is 9.59 Å². The molecule has 0 aromatic heterocycles. The molecule has 0 aliphatic carbocycles. The molecule has 5 heteroatoms. The zero-order valence-corrected chi connectivity index (χ0v) is 15.0. The summed E-state index contributed by atoms with van der Waals surface area (Å²) in [5, 5.41) is 5.97. The predicted molar refractivity (Wildman–Crippen MR) is 102 cm³/mol. The van der Waals surface area contributed by atoms with Crippen molar-refractivity contribution in [1.29, 1.82) is 0 Å². The minimum absolute atomic E-state index is 0.0625. The van der Waals surface area contributed by atoms with Crippen LogP contribution in [0.1, 0.15) is 30.6 Å². The second kappa shape index (κ2) is 8.87. The molecule has 2 aromatic rings. The number of amides is 2. The first-order valence-corrected chi connectivity index (χ1v) is 8.47. The van der Waals surface area contributed by atoms with Crippen molar-refractivity contribution in [3.05, 3.63) is 60.2 Å². The van der Waals surface area contributed by atoms with Gasteiger partial charge in [-0.05, 0) is 43.7 Å². The number of para-hydroxylation sites is 1. The molecule has 0 saturated carbocycles. The lowest BCUT2D eigenvalue weighted by Crippen LogP contribution is -2.36. The van der Waals surface area contributed by atoms with Gasteiger partial charge in [-0.15, -0.1) is 0 Å². The van der Waals surface area contributed by atoms with Crippen LogP contribution in [0.5, 0.6) is 0 Å². The summed E-state index contributed by atoms with van der Waals surface area (Å²) in [6.45, 7) is 4.17. The number of carbonyl (C=O) groups excluding carboxylic acids is 2. The van der Waals surface area contributed by atoms with Gasteiger partial charge in [0.25, 0.3) is 5.91 Å². The van der Waals surface area contributed by atoms with Crippen molar-refractivity contribution in [3.63, 3.8) is 0 Å². The molecule has 1 atom stereocenters. The normalized spacial score (nSPS) is 11.5. The average Bonchev–Trinajstić information content (AvgIpc) is 2.66. The molecule has 0 aliphatic heterocycles. The van der Waals surface area contributed by atoms with Crippen molar-refractivity contribution in [2.75, 3.05) is 23.8 Å². The minimum Gasteiger partial charge on any atom is -0.376 e. The Kier molecular flexibility index (Phi) is 6.57. The average molecular weight is 339 g/mol. The summed E-state index contributed by atoms with van der Waals surface area (Å²) in [5.41, 5.74) is 2.14. The fraction of sp³-hybridized carbons (Fsp3) is 0.300. The van der Waals surface area contributed by atoms with Crippen molar-refractivity contribution in [2.24, 2.45) is 0 Å². The largest absolute Gasteiger partial charge is 0.376 e. The topological polar surface area (TPSA) is 61.4 Å². The lowest BCUT2D eigenvalue weighted by Gasteiger charge is -2.18. The van der Waals surface area contributed by atoms with Gasteiger partial charge in [-0.3, -0.25) is 9.59 Å². The van der Waals surface area contributed by atoms with Gasteiger partial charge in [-0.1, -0.05) is 31.2 Å². The molecule has 1 unspecified atom stereocenters. The zero-order chi connectivity index (χ0) is 18.2. The van der Waals surface area contributed by atoms with E-state index in [1.54, 1.807) is 30.1 Å². The van der Waals surface area contributed by atoms with E-state index in [4.69, 9.17) is 0 Å². The van der Waals surface area contributed by atoms with Gasteiger partial charge in [0.1, 0.15) is 0 Å². The molecule has 0 spiro atoms. The summed E-state index contributed by atoms with van der Waals surface area (Å²) in [5.74, 6) is -0.161. The van der Waals surface area contributed by atoms with Gasteiger partial charge in [0.15, 0.2) is 0 Å². The van der Waals surface area contributed by atoms with Crippen LogP contribution in [0.25, 0.3) is 0 Å². The second-order valence-corrected chi connectivity index (χ2v) is 6.01. The monoisotopic (exact) mass is 339 g/mol. The number of benzene rings is 2. The first-order valence-electron chi connectivity index (χ1n) is 8.47. The van der Waals surface area contributed by atoms with E-state index in [9.17, 15) is 9.59 Å². The highest BCUT2D eigenvalue weighted by molar-refractivity contribution is 6.06. The quantitative estimate of drug-likeness (QED) is 0.814. The third-order valence-corrected chi connectivity index (χ3v) is 4.03. The summed E-state index contributed by atoms with van der Waals surface area (Å²) >= 11 is 0. The van der Waals surface area contributed by atoms with E-state index >= 15 is 0 Å². The summed E-state index contributed by atoms with van der Waals surface area (Å²) in [6, 6.07) is 16.8. The lowest BCUT2D eigenvalue weighted by molar-refractivity contribution is -0.120. The Morgan fingerprint density at radius 3 is 2.48 bits per heavy atom. The first-order chi connectivity index (χ1) is 12.0. The molecule has 2 aromatic carbocycles. The van der Waals surface area contributed by atoms with Crippen LogP contribution < -0.4 is 15.5 Å². The van der Waals surface area contributed by atoms with Gasteiger partial charge in [-0.25, -0.2) is 0 Å². The second-order valence-electron chi connectivity index (χ2n) is 6.01. The fourth-order valence-electron chi connectivity index (χ4n) is 2.33. The molecular formula is C20H25N3O2. The number of hydrogen-bond donors (Lipinski definition) is 2. The van der Waals surface area contributed by atoms with Crippen molar-refractivity contribution in [3.8, 4) is 0 Å². The van der Waals surface area contributed by atoms with Crippen molar-refractivity contribution >= 4 is 23.2 Å². The summed E-state index contributed by atoms with van der Waals surface area (Å²) in [7, 11) is 1.75. The van der Waals surface area contributed by atoms with Gasteiger partial charge in [0, 0.05) is 30.0 Å². The van der Waals surface area contributed by atoms with E-state index in [1.807, 2.05) is 50.2 Å². The molecule has 2 rings (SSSR count). The third-order valence-electron chi connectivity index (χ3n) is 4.03. The number of carbonyl (C=O) groups is 2. The molecule has 132 valence electrons. The zero-order valence-electron chi connectivity index (χ0n) is 15.0. The van der Waals surface area contributed by atoms with Crippen LogP contribution in [0.15, 0.2) is 54.6 Å². The summed E-state index contributed by atoms with van der Waals surface area (Å²) in [6.07, 6.45) is 0.890. The van der Waals surface area contributed by atoms with Gasteiger partial charge >= 0.3 is 0 Å². The Hall–Kier alpha value is -2.82. The number of nitrogens with one attached hydrogen (secondary N) is 2. The Balaban J connectivity index is 2.01. The van der Waals surface area contributed by atoms with E-state index in [-0.39, 0.29) is 24.4 Å². The highest BCUT2D eigenvalue weighted by atomic mass is 16.2. The molecule has 0 radical (unpaired) electrons. The van der Waals surface area contributed by atoms with Crippen molar-refractivity contribution in [1.82, 2.24) is 5.32 Å². The lowest BCUT2D eigenvalue weighted by atomic mass is 10.1. The molecule has 5 nitrogen and oxygen atoms in total. The minimum atomic E-state index is -0.0982. The molecule has 2 amide bonds. The fourth-order valence-corrected chi connectivity index (χ4v) is 2.33. The van der Waals surface area contributed by atoms with Gasteiger partial charge in [0.05, 0.1) is 6.54 Å². The molecule has 0 aliphatic rings. The molecule has 0 saturated heterocycles. The van der Waals surface area contributed by atoms with Gasteiger partial charge < -0.3 is 15.5 Å². The van der Waals surface area contributed by atoms with Crippen LogP contribution in [0, 0.1) is 0 Å². The predicted octanol–water partition coefficient (Wildman–Crippen LogP) is 3.29. The smallest absolute Gasteiger partial charge is 0.258 e. The molecular weight excluding hydrogens is 314 g/mol. The molecule has 0 fully saturated rings. The number of rotatable bonds is 7. The highest BCUT2D eigenvalue weighted by Gasteiger charge is 2.14.